The molecule has 5 heteroatoms. The molecule has 4 nitrogen and oxygen atoms in total. The van der Waals surface area contributed by atoms with E-state index in [0.717, 1.165) is 51.9 Å². The number of halogens is 1. The number of nitrogens with zero attached hydrogens (tertiary/aromatic N) is 2. The van der Waals surface area contributed by atoms with Crippen LogP contribution in [0.25, 0.3) is 0 Å². The highest BCUT2D eigenvalue weighted by Gasteiger charge is 2.30. The SMILES string of the molecule is CC(C)N1CCN(C(=O)C2CCC(N)CC2)CC1.Cl. The van der Waals surface area contributed by atoms with Crippen LogP contribution in [0.3, 0.4) is 0 Å². The molecular formula is C14H28ClN3O. The Kier molecular flexibility index (Phi) is 6.57. The molecule has 2 N–H and O–H groups in total. The Morgan fingerprint density at radius 1 is 1.05 bits per heavy atom. The third-order valence-corrected chi connectivity index (χ3v) is 4.48. The minimum absolute atomic E-state index is 0. The maximum atomic E-state index is 12.4. The molecule has 1 aliphatic carbocycles. The van der Waals surface area contributed by atoms with Crippen molar-refractivity contribution in [3.63, 3.8) is 0 Å². The van der Waals surface area contributed by atoms with E-state index in [1.807, 2.05) is 0 Å². The second kappa shape index (κ2) is 7.46. The van der Waals surface area contributed by atoms with Crippen LogP contribution in [0.4, 0.5) is 0 Å². The molecule has 1 aliphatic heterocycles. The Morgan fingerprint density at radius 2 is 1.58 bits per heavy atom. The lowest BCUT2D eigenvalue weighted by molar-refractivity contribution is -0.138. The van der Waals surface area contributed by atoms with Crippen molar-refractivity contribution in [2.24, 2.45) is 11.7 Å². The van der Waals surface area contributed by atoms with E-state index in [-0.39, 0.29) is 18.3 Å². The summed E-state index contributed by atoms with van der Waals surface area (Å²) in [4.78, 5) is 16.9. The molecule has 0 bridgehead atoms. The van der Waals surface area contributed by atoms with E-state index in [1.165, 1.54) is 0 Å². The molecule has 2 fully saturated rings. The van der Waals surface area contributed by atoms with Gasteiger partial charge in [0.05, 0.1) is 0 Å². The summed E-state index contributed by atoms with van der Waals surface area (Å²) >= 11 is 0. The van der Waals surface area contributed by atoms with Gasteiger partial charge < -0.3 is 10.6 Å². The number of rotatable bonds is 2. The van der Waals surface area contributed by atoms with Gasteiger partial charge in [-0.05, 0) is 39.5 Å². The fraction of sp³-hybridized carbons (Fsp3) is 0.929. The molecule has 0 aromatic heterocycles. The molecule has 112 valence electrons. The molecule has 0 aromatic rings. The van der Waals surface area contributed by atoms with Crippen LogP contribution in [0.15, 0.2) is 0 Å². The molecule has 2 aliphatic rings. The molecule has 0 atom stereocenters. The lowest BCUT2D eigenvalue weighted by atomic mass is 9.85. The molecule has 0 spiro atoms. The molecule has 1 saturated heterocycles. The first kappa shape index (κ1) is 16.7. The summed E-state index contributed by atoms with van der Waals surface area (Å²) in [5, 5.41) is 0. The normalized spacial score (nSPS) is 29.2. The smallest absolute Gasteiger partial charge is 0.225 e. The first-order valence-corrected chi connectivity index (χ1v) is 7.36. The number of hydrogen-bond acceptors (Lipinski definition) is 3. The van der Waals surface area contributed by atoms with E-state index >= 15 is 0 Å². The summed E-state index contributed by atoms with van der Waals surface area (Å²) < 4.78 is 0. The van der Waals surface area contributed by atoms with Gasteiger partial charge in [-0.2, -0.15) is 0 Å². The molecule has 1 heterocycles. The van der Waals surface area contributed by atoms with E-state index in [2.05, 4.69) is 23.6 Å². The van der Waals surface area contributed by atoms with Crippen molar-refractivity contribution in [3.05, 3.63) is 0 Å². The maximum absolute atomic E-state index is 12.4. The topological polar surface area (TPSA) is 49.6 Å². The van der Waals surface area contributed by atoms with E-state index in [0.29, 0.717) is 18.0 Å². The number of amides is 1. The number of carbonyl (C=O) groups is 1. The van der Waals surface area contributed by atoms with Crippen LogP contribution in [0.2, 0.25) is 0 Å². The number of piperazine rings is 1. The lowest BCUT2D eigenvalue weighted by Crippen LogP contribution is -2.52. The lowest BCUT2D eigenvalue weighted by Gasteiger charge is -2.39. The van der Waals surface area contributed by atoms with Crippen molar-refractivity contribution < 1.29 is 4.79 Å². The molecule has 19 heavy (non-hydrogen) atoms. The second-order valence-corrected chi connectivity index (χ2v) is 6.07. The van der Waals surface area contributed by atoms with Crippen LogP contribution in [0.1, 0.15) is 39.5 Å². The predicted octanol–water partition coefficient (Wildman–Crippen LogP) is 1.48. The fourth-order valence-electron chi connectivity index (χ4n) is 3.08. The Balaban J connectivity index is 0.00000180. The largest absolute Gasteiger partial charge is 0.340 e. The zero-order valence-corrected chi connectivity index (χ0v) is 13.0. The second-order valence-electron chi connectivity index (χ2n) is 6.07. The Hall–Kier alpha value is -0.320. The standard InChI is InChI=1S/C14H27N3O.ClH/c1-11(2)16-7-9-17(10-8-16)14(18)12-3-5-13(15)6-4-12;/h11-13H,3-10,15H2,1-2H3;1H. The first-order chi connectivity index (χ1) is 8.58. The minimum Gasteiger partial charge on any atom is -0.340 e. The van der Waals surface area contributed by atoms with Crippen molar-refractivity contribution in [3.8, 4) is 0 Å². The quantitative estimate of drug-likeness (QED) is 0.838. The number of carbonyl (C=O) groups excluding carboxylic acids is 1. The van der Waals surface area contributed by atoms with E-state index in [4.69, 9.17) is 5.73 Å². The monoisotopic (exact) mass is 289 g/mol. The summed E-state index contributed by atoms with van der Waals surface area (Å²) in [6.45, 7) is 8.30. The fourth-order valence-corrected chi connectivity index (χ4v) is 3.08. The van der Waals surface area contributed by atoms with Gasteiger partial charge in [0.15, 0.2) is 0 Å². The van der Waals surface area contributed by atoms with E-state index in [9.17, 15) is 4.79 Å². The Labute approximate surface area is 123 Å². The van der Waals surface area contributed by atoms with Gasteiger partial charge in [0.2, 0.25) is 5.91 Å². The van der Waals surface area contributed by atoms with Crippen molar-refractivity contribution in [2.45, 2.75) is 51.6 Å². The van der Waals surface area contributed by atoms with Crippen LogP contribution in [0.5, 0.6) is 0 Å². The van der Waals surface area contributed by atoms with Gasteiger partial charge in [0.1, 0.15) is 0 Å². The summed E-state index contributed by atoms with van der Waals surface area (Å²) in [5.41, 5.74) is 5.90. The molecule has 0 unspecified atom stereocenters. The first-order valence-electron chi connectivity index (χ1n) is 7.36. The molecule has 0 radical (unpaired) electrons. The number of hydrogen-bond donors (Lipinski definition) is 1. The van der Waals surface area contributed by atoms with Crippen molar-refractivity contribution in [2.75, 3.05) is 26.2 Å². The Bertz CT molecular complexity index is 282. The van der Waals surface area contributed by atoms with Crippen LogP contribution >= 0.6 is 12.4 Å². The molecule has 1 amide bonds. The van der Waals surface area contributed by atoms with E-state index in [1.54, 1.807) is 0 Å². The average molecular weight is 290 g/mol. The summed E-state index contributed by atoms with van der Waals surface area (Å²) in [6.07, 6.45) is 4.01. The van der Waals surface area contributed by atoms with Crippen molar-refractivity contribution >= 4 is 18.3 Å². The summed E-state index contributed by atoms with van der Waals surface area (Å²) in [6, 6.07) is 0.918. The van der Waals surface area contributed by atoms with Gasteiger partial charge >= 0.3 is 0 Å². The minimum atomic E-state index is 0. The third kappa shape index (κ3) is 4.33. The van der Waals surface area contributed by atoms with Gasteiger partial charge in [0, 0.05) is 44.2 Å². The van der Waals surface area contributed by atoms with Crippen LogP contribution in [0, 0.1) is 5.92 Å². The van der Waals surface area contributed by atoms with Gasteiger partial charge in [-0.25, -0.2) is 0 Å². The van der Waals surface area contributed by atoms with Gasteiger partial charge in [0.25, 0.3) is 0 Å². The highest BCUT2D eigenvalue weighted by molar-refractivity contribution is 5.85. The van der Waals surface area contributed by atoms with Crippen LogP contribution in [-0.2, 0) is 4.79 Å². The maximum Gasteiger partial charge on any atom is 0.225 e. The van der Waals surface area contributed by atoms with Crippen molar-refractivity contribution in [1.29, 1.82) is 0 Å². The third-order valence-electron chi connectivity index (χ3n) is 4.48. The van der Waals surface area contributed by atoms with Crippen LogP contribution in [-0.4, -0.2) is 54.0 Å². The van der Waals surface area contributed by atoms with Gasteiger partial charge in [-0.3, -0.25) is 9.69 Å². The highest BCUT2D eigenvalue weighted by Crippen LogP contribution is 2.25. The number of nitrogens with two attached hydrogens (primary N) is 1. The Morgan fingerprint density at radius 3 is 2.05 bits per heavy atom. The zero-order valence-electron chi connectivity index (χ0n) is 12.2. The summed E-state index contributed by atoms with van der Waals surface area (Å²) in [7, 11) is 0. The summed E-state index contributed by atoms with van der Waals surface area (Å²) in [5.74, 6) is 0.626. The van der Waals surface area contributed by atoms with E-state index < -0.39 is 0 Å². The van der Waals surface area contributed by atoms with Crippen LogP contribution < -0.4 is 5.73 Å². The van der Waals surface area contributed by atoms with Gasteiger partial charge in [-0.1, -0.05) is 0 Å². The molecular weight excluding hydrogens is 262 g/mol. The molecule has 0 aromatic carbocycles. The average Bonchev–Trinajstić information content (AvgIpc) is 2.39. The highest BCUT2D eigenvalue weighted by atomic mass is 35.5. The molecule has 2 rings (SSSR count). The molecule has 1 saturated carbocycles. The predicted molar refractivity (Wildman–Crippen MR) is 80.5 cm³/mol. The van der Waals surface area contributed by atoms with Crippen molar-refractivity contribution in [1.82, 2.24) is 9.80 Å². The van der Waals surface area contributed by atoms with Gasteiger partial charge in [-0.15, -0.1) is 12.4 Å². The zero-order chi connectivity index (χ0) is 13.1.